The zero-order valence-electron chi connectivity index (χ0n) is 10.5. The molecule has 0 saturated heterocycles. The van der Waals surface area contributed by atoms with Crippen molar-refractivity contribution in [1.29, 1.82) is 0 Å². The van der Waals surface area contributed by atoms with Crippen LogP contribution in [0.4, 0.5) is 0 Å². The van der Waals surface area contributed by atoms with E-state index in [9.17, 15) is 0 Å². The molecule has 5 heteroatoms. The van der Waals surface area contributed by atoms with E-state index in [-0.39, 0.29) is 5.60 Å². The van der Waals surface area contributed by atoms with Crippen LogP contribution in [0.15, 0.2) is 0 Å². The molecule has 1 N–H and O–H groups in total. The summed E-state index contributed by atoms with van der Waals surface area (Å²) in [4.78, 5) is 0. The normalized spacial score (nSPS) is 12.0. The largest absolute Gasteiger partial charge is 0.372 e. The van der Waals surface area contributed by atoms with Crippen LogP contribution in [0.3, 0.4) is 0 Å². The quantitative estimate of drug-likeness (QED) is 0.744. The third kappa shape index (κ3) is 3.81. The van der Waals surface area contributed by atoms with Crippen LogP contribution in [0.5, 0.6) is 0 Å². The van der Waals surface area contributed by atoms with Gasteiger partial charge in [-0.25, -0.2) is 0 Å². The summed E-state index contributed by atoms with van der Waals surface area (Å²) in [6, 6.07) is 0. The van der Waals surface area contributed by atoms with Crippen molar-refractivity contribution in [1.82, 2.24) is 15.5 Å². The smallest absolute Gasteiger partial charge is 0.148 e. The Hall–Kier alpha value is -0.520. The molecule has 92 valence electrons. The van der Waals surface area contributed by atoms with Gasteiger partial charge in [-0.3, -0.25) is 0 Å². The van der Waals surface area contributed by atoms with E-state index >= 15 is 0 Å². The zero-order chi connectivity index (χ0) is 12.0. The summed E-state index contributed by atoms with van der Waals surface area (Å²) in [7, 11) is 1.70. The Kier molecular flexibility index (Phi) is 5.31. The van der Waals surface area contributed by atoms with E-state index < -0.39 is 0 Å². The predicted molar refractivity (Wildman–Crippen MR) is 66.8 cm³/mol. The lowest BCUT2D eigenvalue weighted by molar-refractivity contribution is 0.0185. The molecule has 0 aromatic carbocycles. The molecule has 0 amide bonds. The zero-order valence-corrected chi connectivity index (χ0v) is 11.4. The third-order valence-electron chi connectivity index (χ3n) is 2.43. The van der Waals surface area contributed by atoms with Crippen molar-refractivity contribution in [3.8, 4) is 0 Å². The van der Waals surface area contributed by atoms with Gasteiger partial charge in [-0.05, 0) is 26.8 Å². The molecule has 0 aliphatic carbocycles. The molecule has 0 spiro atoms. The van der Waals surface area contributed by atoms with Crippen LogP contribution < -0.4 is 5.32 Å². The summed E-state index contributed by atoms with van der Waals surface area (Å²) in [6.07, 6.45) is 2.11. The highest BCUT2D eigenvalue weighted by molar-refractivity contribution is 7.11. The molecule has 1 heterocycles. The van der Waals surface area contributed by atoms with Gasteiger partial charge in [0.25, 0.3) is 0 Å². The average Bonchev–Trinajstić information content (AvgIpc) is 2.74. The van der Waals surface area contributed by atoms with E-state index in [1.54, 1.807) is 18.4 Å². The summed E-state index contributed by atoms with van der Waals surface area (Å²) in [5, 5.41) is 13.7. The standard InChI is InChI=1S/C11H21N3OS/c1-5-7-12-8-6-9-13-14-10(16-9)11(2,3)15-4/h12H,5-8H2,1-4H3. The van der Waals surface area contributed by atoms with Gasteiger partial charge in [0.05, 0.1) is 0 Å². The molecule has 1 rings (SSSR count). The lowest BCUT2D eigenvalue weighted by atomic mass is 10.1. The highest BCUT2D eigenvalue weighted by Gasteiger charge is 2.24. The second kappa shape index (κ2) is 6.27. The van der Waals surface area contributed by atoms with Crippen molar-refractivity contribution in [3.63, 3.8) is 0 Å². The molecule has 0 unspecified atom stereocenters. The molecule has 0 aliphatic heterocycles. The minimum absolute atomic E-state index is 0.327. The highest BCUT2D eigenvalue weighted by atomic mass is 32.1. The van der Waals surface area contributed by atoms with Crippen molar-refractivity contribution in [2.75, 3.05) is 20.2 Å². The lowest BCUT2D eigenvalue weighted by Gasteiger charge is -2.18. The van der Waals surface area contributed by atoms with Crippen molar-refractivity contribution >= 4 is 11.3 Å². The Labute approximate surface area is 101 Å². The maximum atomic E-state index is 5.37. The second-order valence-corrected chi connectivity index (χ2v) is 5.28. The first-order valence-electron chi connectivity index (χ1n) is 5.69. The molecule has 1 aromatic heterocycles. The van der Waals surface area contributed by atoms with Crippen LogP contribution >= 0.6 is 11.3 Å². The van der Waals surface area contributed by atoms with Crippen LogP contribution in [-0.2, 0) is 16.8 Å². The number of nitrogens with one attached hydrogen (secondary N) is 1. The summed E-state index contributed by atoms with van der Waals surface area (Å²) >= 11 is 1.64. The van der Waals surface area contributed by atoms with Crippen LogP contribution in [-0.4, -0.2) is 30.4 Å². The van der Waals surface area contributed by atoms with Gasteiger partial charge in [0.15, 0.2) is 0 Å². The Morgan fingerprint density at radius 2 is 2.06 bits per heavy atom. The second-order valence-electron chi connectivity index (χ2n) is 4.22. The molecule has 0 fully saturated rings. The van der Waals surface area contributed by atoms with Crippen molar-refractivity contribution < 1.29 is 4.74 Å². The van der Waals surface area contributed by atoms with Gasteiger partial charge in [0.2, 0.25) is 0 Å². The average molecular weight is 243 g/mol. The molecular weight excluding hydrogens is 222 g/mol. The Bertz CT molecular complexity index is 312. The molecule has 0 bridgehead atoms. The van der Waals surface area contributed by atoms with Crippen LogP contribution in [0.1, 0.15) is 37.2 Å². The number of nitrogens with zero attached hydrogens (tertiary/aromatic N) is 2. The third-order valence-corrected chi connectivity index (χ3v) is 3.72. The number of methoxy groups -OCH3 is 1. The first-order chi connectivity index (χ1) is 7.60. The first-order valence-corrected chi connectivity index (χ1v) is 6.50. The fourth-order valence-electron chi connectivity index (χ4n) is 1.18. The van der Waals surface area contributed by atoms with Crippen molar-refractivity contribution in [3.05, 3.63) is 10.0 Å². The van der Waals surface area contributed by atoms with Gasteiger partial charge < -0.3 is 10.1 Å². The number of aromatic nitrogens is 2. The van der Waals surface area contributed by atoms with Crippen LogP contribution in [0, 0.1) is 0 Å². The maximum Gasteiger partial charge on any atom is 0.148 e. The molecule has 4 nitrogen and oxygen atoms in total. The SMILES string of the molecule is CCCNCCc1nnc(C(C)(C)OC)s1. The summed E-state index contributed by atoms with van der Waals surface area (Å²) < 4.78 is 5.37. The van der Waals surface area contributed by atoms with E-state index in [1.165, 1.54) is 0 Å². The summed E-state index contributed by atoms with van der Waals surface area (Å²) in [5.74, 6) is 0. The Balaban J connectivity index is 2.45. The molecule has 1 aromatic rings. The van der Waals surface area contributed by atoms with Crippen LogP contribution in [0.25, 0.3) is 0 Å². The van der Waals surface area contributed by atoms with Crippen molar-refractivity contribution in [2.24, 2.45) is 0 Å². The Morgan fingerprint density at radius 3 is 2.69 bits per heavy atom. The molecule has 0 saturated carbocycles. The maximum absolute atomic E-state index is 5.37. The van der Waals surface area contributed by atoms with Gasteiger partial charge in [0.1, 0.15) is 15.6 Å². The number of ether oxygens (including phenoxy) is 1. The topological polar surface area (TPSA) is 47.0 Å². The fraction of sp³-hybridized carbons (Fsp3) is 0.818. The van der Waals surface area contributed by atoms with E-state index in [4.69, 9.17) is 4.74 Å². The molecule has 0 radical (unpaired) electrons. The fourth-order valence-corrected chi connectivity index (χ4v) is 2.10. The van der Waals surface area contributed by atoms with E-state index in [0.717, 1.165) is 35.9 Å². The minimum Gasteiger partial charge on any atom is -0.372 e. The van der Waals surface area contributed by atoms with Crippen LogP contribution in [0.2, 0.25) is 0 Å². The predicted octanol–water partition coefficient (Wildman–Crippen LogP) is 1.96. The molecule has 0 atom stereocenters. The molecule has 16 heavy (non-hydrogen) atoms. The van der Waals surface area contributed by atoms with Gasteiger partial charge in [-0.1, -0.05) is 18.3 Å². The minimum atomic E-state index is -0.327. The first kappa shape index (κ1) is 13.5. The molecular formula is C11H21N3OS. The summed E-state index contributed by atoms with van der Waals surface area (Å²) in [5.41, 5.74) is -0.327. The van der Waals surface area contributed by atoms with E-state index in [2.05, 4.69) is 22.4 Å². The summed E-state index contributed by atoms with van der Waals surface area (Å²) in [6.45, 7) is 8.21. The number of hydrogen-bond acceptors (Lipinski definition) is 5. The Morgan fingerprint density at radius 1 is 1.31 bits per heavy atom. The van der Waals surface area contributed by atoms with E-state index in [0.29, 0.717) is 0 Å². The number of rotatable bonds is 7. The van der Waals surface area contributed by atoms with Gasteiger partial charge in [-0.2, -0.15) is 0 Å². The van der Waals surface area contributed by atoms with Crippen molar-refractivity contribution in [2.45, 2.75) is 39.2 Å². The monoisotopic (exact) mass is 243 g/mol. The lowest BCUT2D eigenvalue weighted by Crippen LogP contribution is -2.18. The van der Waals surface area contributed by atoms with Gasteiger partial charge >= 0.3 is 0 Å². The molecule has 0 aliphatic rings. The number of hydrogen-bond donors (Lipinski definition) is 1. The van der Waals surface area contributed by atoms with Gasteiger partial charge in [-0.15, -0.1) is 10.2 Å². The van der Waals surface area contributed by atoms with E-state index in [1.807, 2.05) is 13.8 Å². The highest BCUT2D eigenvalue weighted by Crippen LogP contribution is 2.26. The van der Waals surface area contributed by atoms with Gasteiger partial charge in [0, 0.05) is 20.1 Å².